The van der Waals surface area contributed by atoms with Gasteiger partial charge in [-0.2, -0.15) is 0 Å². The number of piperidine rings is 1. The third-order valence-electron chi connectivity index (χ3n) is 3.56. The number of likely N-dealkylation sites (N-methyl/N-ethyl adjacent to an activating group) is 1. The number of aliphatic hydroxyl groups is 1. The van der Waals surface area contributed by atoms with Crippen LogP contribution in [0.4, 0.5) is 5.69 Å². The summed E-state index contributed by atoms with van der Waals surface area (Å²) in [6.45, 7) is 0.910. The van der Waals surface area contributed by atoms with Gasteiger partial charge >= 0.3 is 0 Å². The van der Waals surface area contributed by atoms with Gasteiger partial charge in [-0.1, -0.05) is 6.07 Å². The summed E-state index contributed by atoms with van der Waals surface area (Å²) in [7, 11) is 1.68. The van der Waals surface area contributed by atoms with Gasteiger partial charge in [0.25, 0.3) is 0 Å². The monoisotopic (exact) mass is 326 g/mol. The van der Waals surface area contributed by atoms with E-state index in [-0.39, 0.29) is 18.6 Å². The lowest BCUT2D eigenvalue weighted by molar-refractivity contribution is -0.122. The molecule has 0 bridgehead atoms. The van der Waals surface area contributed by atoms with E-state index in [1.54, 1.807) is 7.05 Å². The number of amides is 1. The summed E-state index contributed by atoms with van der Waals surface area (Å²) in [4.78, 5) is 14.1. The number of halogens is 1. The van der Waals surface area contributed by atoms with Gasteiger partial charge in [-0.05, 0) is 52.9 Å². The Balaban J connectivity index is 2.29. The zero-order valence-corrected chi connectivity index (χ0v) is 12.6. The second-order valence-electron chi connectivity index (χ2n) is 4.76. The fraction of sp³-hybridized carbons (Fsp3) is 0.500. The van der Waals surface area contributed by atoms with Crippen LogP contribution in [0.3, 0.4) is 0 Å². The topological polar surface area (TPSA) is 52.6 Å². The number of nitrogens with zero attached hydrogens (tertiary/aromatic N) is 1. The highest BCUT2D eigenvalue weighted by Gasteiger charge is 2.29. The largest absolute Gasteiger partial charge is 0.392 e. The van der Waals surface area contributed by atoms with Crippen molar-refractivity contribution in [1.82, 2.24) is 5.32 Å². The van der Waals surface area contributed by atoms with E-state index in [9.17, 15) is 4.79 Å². The molecule has 2 rings (SSSR count). The quantitative estimate of drug-likeness (QED) is 0.893. The number of hydrogen-bond donors (Lipinski definition) is 2. The summed E-state index contributed by atoms with van der Waals surface area (Å²) >= 11 is 3.54. The molecule has 0 spiro atoms. The molecule has 0 aromatic heterocycles. The Morgan fingerprint density at radius 3 is 2.95 bits per heavy atom. The molecule has 19 heavy (non-hydrogen) atoms. The normalized spacial score (nSPS) is 19.3. The summed E-state index contributed by atoms with van der Waals surface area (Å²) < 4.78 is 0.926. The molecule has 1 fully saturated rings. The van der Waals surface area contributed by atoms with Crippen LogP contribution in [-0.4, -0.2) is 30.6 Å². The van der Waals surface area contributed by atoms with Crippen LogP contribution in [0, 0.1) is 0 Å². The molecule has 1 heterocycles. The number of nitrogens with one attached hydrogen (secondary N) is 1. The second-order valence-corrected chi connectivity index (χ2v) is 5.62. The van der Waals surface area contributed by atoms with E-state index < -0.39 is 0 Å². The van der Waals surface area contributed by atoms with E-state index in [0.29, 0.717) is 0 Å². The van der Waals surface area contributed by atoms with Gasteiger partial charge < -0.3 is 15.3 Å². The highest BCUT2D eigenvalue weighted by atomic mass is 79.9. The van der Waals surface area contributed by atoms with Crippen molar-refractivity contribution in [3.8, 4) is 0 Å². The van der Waals surface area contributed by atoms with Gasteiger partial charge in [-0.25, -0.2) is 0 Å². The molecule has 0 saturated carbocycles. The van der Waals surface area contributed by atoms with E-state index in [2.05, 4.69) is 26.1 Å². The average molecular weight is 327 g/mol. The van der Waals surface area contributed by atoms with Crippen LogP contribution in [0.15, 0.2) is 22.7 Å². The molecule has 1 saturated heterocycles. The smallest absolute Gasteiger partial charge is 0.242 e. The van der Waals surface area contributed by atoms with Crippen LogP contribution in [-0.2, 0) is 11.4 Å². The fourth-order valence-corrected chi connectivity index (χ4v) is 3.19. The number of carbonyl (C=O) groups excluding carboxylic acids is 1. The first-order valence-electron chi connectivity index (χ1n) is 6.55. The number of anilines is 1. The van der Waals surface area contributed by atoms with Gasteiger partial charge in [-0.15, -0.1) is 0 Å². The van der Waals surface area contributed by atoms with Crippen molar-refractivity contribution < 1.29 is 9.90 Å². The molecule has 5 heteroatoms. The van der Waals surface area contributed by atoms with Crippen molar-refractivity contribution in [2.45, 2.75) is 31.9 Å². The van der Waals surface area contributed by atoms with Gasteiger partial charge in [-0.3, -0.25) is 4.79 Å². The number of aliphatic hydroxyl groups excluding tert-OH is 1. The summed E-state index contributed by atoms with van der Waals surface area (Å²) in [6.07, 6.45) is 3.07. The molecule has 1 amide bonds. The van der Waals surface area contributed by atoms with E-state index >= 15 is 0 Å². The maximum atomic E-state index is 12.0. The van der Waals surface area contributed by atoms with Crippen LogP contribution in [0.25, 0.3) is 0 Å². The number of hydrogen-bond acceptors (Lipinski definition) is 3. The molecule has 1 aromatic carbocycles. The number of rotatable bonds is 3. The molecule has 104 valence electrons. The first-order chi connectivity index (χ1) is 9.17. The third kappa shape index (κ3) is 3.09. The maximum Gasteiger partial charge on any atom is 0.242 e. The summed E-state index contributed by atoms with van der Waals surface area (Å²) in [5.74, 6) is 0.0674. The Hall–Kier alpha value is -1.07. The van der Waals surface area contributed by atoms with Crippen molar-refractivity contribution in [2.75, 3.05) is 18.5 Å². The van der Waals surface area contributed by atoms with Gasteiger partial charge in [0, 0.05) is 18.1 Å². The highest BCUT2D eigenvalue weighted by molar-refractivity contribution is 9.10. The molecular weight excluding hydrogens is 308 g/mol. The molecule has 1 unspecified atom stereocenters. The van der Waals surface area contributed by atoms with E-state index in [0.717, 1.165) is 41.5 Å². The summed E-state index contributed by atoms with van der Waals surface area (Å²) in [5.41, 5.74) is 1.88. The predicted molar refractivity (Wildman–Crippen MR) is 79.1 cm³/mol. The molecule has 1 aromatic rings. The Labute approximate surface area is 121 Å². The van der Waals surface area contributed by atoms with Gasteiger partial charge in [0.15, 0.2) is 0 Å². The Morgan fingerprint density at radius 1 is 1.53 bits per heavy atom. The molecule has 0 radical (unpaired) electrons. The standard InChI is InChI=1S/C14H19BrN2O2/c1-16-14(19)13-4-2-3-7-17(13)12-6-5-10(9-18)8-11(12)15/h5-6,8,13,18H,2-4,7,9H2,1H3,(H,16,19). The van der Waals surface area contributed by atoms with Crippen LogP contribution >= 0.6 is 15.9 Å². The lowest BCUT2D eigenvalue weighted by atomic mass is 10.00. The molecule has 0 aliphatic carbocycles. The first-order valence-corrected chi connectivity index (χ1v) is 7.34. The highest BCUT2D eigenvalue weighted by Crippen LogP contribution is 2.32. The first kappa shape index (κ1) is 14.3. The predicted octanol–water partition coefficient (Wildman–Crippen LogP) is 2.05. The van der Waals surface area contributed by atoms with E-state index in [1.165, 1.54) is 0 Å². The Kier molecular flexibility index (Phi) is 4.82. The average Bonchev–Trinajstić information content (AvgIpc) is 2.46. The zero-order chi connectivity index (χ0) is 13.8. The molecule has 1 atom stereocenters. The minimum absolute atomic E-state index is 0.0256. The molecule has 1 aliphatic heterocycles. The number of carbonyl (C=O) groups is 1. The van der Waals surface area contributed by atoms with Crippen molar-refractivity contribution in [3.63, 3.8) is 0 Å². The van der Waals surface area contributed by atoms with E-state index in [4.69, 9.17) is 5.11 Å². The van der Waals surface area contributed by atoms with Gasteiger partial charge in [0.1, 0.15) is 6.04 Å². The van der Waals surface area contributed by atoms with Crippen LogP contribution < -0.4 is 10.2 Å². The van der Waals surface area contributed by atoms with Crippen molar-refractivity contribution in [1.29, 1.82) is 0 Å². The SMILES string of the molecule is CNC(=O)C1CCCCN1c1ccc(CO)cc1Br. The Bertz CT molecular complexity index is 465. The van der Waals surface area contributed by atoms with Gasteiger partial charge in [0.05, 0.1) is 12.3 Å². The van der Waals surface area contributed by atoms with Crippen LogP contribution in [0.1, 0.15) is 24.8 Å². The third-order valence-corrected chi connectivity index (χ3v) is 4.19. The fourth-order valence-electron chi connectivity index (χ4n) is 2.54. The molecule has 2 N–H and O–H groups in total. The molecule has 4 nitrogen and oxygen atoms in total. The lowest BCUT2D eigenvalue weighted by Crippen LogP contribution is -2.49. The second kappa shape index (κ2) is 6.39. The van der Waals surface area contributed by atoms with Gasteiger partial charge in [0.2, 0.25) is 5.91 Å². The zero-order valence-electron chi connectivity index (χ0n) is 11.0. The molecule has 1 aliphatic rings. The lowest BCUT2D eigenvalue weighted by Gasteiger charge is -2.37. The minimum Gasteiger partial charge on any atom is -0.392 e. The minimum atomic E-state index is -0.102. The van der Waals surface area contributed by atoms with Crippen molar-refractivity contribution in [2.24, 2.45) is 0 Å². The summed E-state index contributed by atoms with van der Waals surface area (Å²) in [6, 6.07) is 5.67. The molecular formula is C14H19BrN2O2. The van der Waals surface area contributed by atoms with Crippen molar-refractivity contribution in [3.05, 3.63) is 28.2 Å². The maximum absolute atomic E-state index is 12.0. The van der Waals surface area contributed by atoms with E-state index in [1.807, 2.05) is 18.2 Å². The van der Waals surface area contributed by atoms with Crippen molar-refractivity contribution >= 4 is 27.5 Å². The number of benzene rings is 1. The van der Waals surface area contributed by atoms with Crippen LogP contribution in [0.5, 0.6) is 0 Å². The van der Waals surface area contributed by atoms with Crippen LogP contribution in [0.2, 0.25) is 0 Å². The summed E-state index contributed by atoms with van der Waals surface area (Å²) in [5, 5.41) is 11.9. The Morgan fingerprint density at radius 2 is 2.32 bits per heavy atom.